The summed E-state index contributed by atoms with van der Waals surface area (Å²) in [5.41, 5.74) is 3.42. The average molecular weight is 422 g/mol. The van der Waals surface area contributed by atoms with Gasteiger partial charge in [-0.15, -0.1) is 5.92 Å². The van der Waals surface area contributed by atoms with E-state index < -0.39 is 12.1 Å². The van der Waals surface area contributed by atoms with E-state index >= 15 is 0 Å². The van der Waals surface area contributed by atoms with Gasteiger partial charge in [-0.2, -0.15) is 0 Å². The molecule has 0 aliphatic carbocycles. The fraction of sp³-hybridized carbons (Fsp3) is 0.385. The predicted octanol–water partition coefficient (Wildman–Crippen LogP) is 5.28. The molecule has 0 spiro atoms. The highest BCUT2D eigenvalue weighted by molar-refractivity contribution is 5.94. The molecule has 5 nitrogen and oxygen atoms in total. The van der Waals surface area contributed by atoms with Crippen molar-refractivity contribution in [3.05, 3.63) is 59.2 Å². The molecule has 2 aromatic carbocycles. The molecule has 0 aromatic heterocycles. The molecule has 0 fully saturated rings. The molecule has 0 saturated carbocycles. The van der Waals surface area contributed by atoms with Crippen molar-refractivity contribution in [1.29, 1.82) is 0 Å². The van der Waals surface area contributed by atoms with Crippen molar-refractivity contribution in [3.63, 3.8) is 0 Å². The number of benzene rings is 2. The van der Waals surface area contributed by atoms with Gasteiger partial charge in [0.1, 0.15) is 5.75 Å². The highest BCUT2D eigenvalue weighted by Gasteiger charge is 2.23. The Morgan fingerprint density at radius 3 is 2.32 bits per heavy atom. The fourth-order valence-electron chi connectivity index (χ4n) is 3.23. The van der Waals surface area contributed by atoms with Gasteiger partial charge in [0, 0.05) is 5.69 Å². The second-order valence-electron chi connectivity index (χ2n) is 8.67. The molecular formula is C26H31NO4. The van der Waals surface area contributed by atoms with Crippen LogP contribution < -0.4 is 10.1 Å². The Morgan fingerprint density at radius 2 is 1.77 bits per heavy atom. The number of aryl methyl sites for hydroxylation is 1. The first-order valence-electron chi connectivity index (χ1n) is 10.3. The van der Waals surface area contributed by atoms with Crippen LogP contribution in [-0.4, -0.2) is 23.1 Å². The SMILES string of the molecule is CC#CC(CC(=O)O)c1ccc(NC(=O)C(C)Oc2cc(C)ccc2C(C)(C)C)cc1. The minimum Gasteiger partial charge on any atom is -0.481 e. The average Bonchev–Trinajstić information content (AvgIpc) is 2.67. The van der Waals surface area contributed by atoms with E-state index in [-0.39, 0.29) is 23.7 Å². The summed E-state index contributed by atoms with van der Waals surface area (Å²) in [4.78, 5) is 23.8. The third kappa shape index (κ3) is 6.89. The number of hydrogen-bond acceptors (Lipinski definition) is 3. The highest BCUT2D eigenvalue weighted by atomic mass is 16.5. The maximum atomic E-state index is 12.7. The topological polar surface area (TPSA) is 75.6 Å². The molecule has 31 heavy (non-hydrogen) atoms. The van der Waals surface area contributed by atoms with E-state index in [2.05, 4.69) is 37.9 Å². The molecule has 2 N–H and O–H groups in total. The zero-order chi connectivity index (χ0) is 23.2. The fourth-order valence-corrected chi connectivity index (χ4v) is 3.23. The lowest BCUT2D eigenvalue weighted by Gasteiger charge is -2.25. The summed E-state index contributed by atoms with van der Waals surface area (Å²) in [6, 6.07) is 13.1. The van der Waals surface area contributed by atoms with Crippen LogP contribution in [0.4, 0.5) is 5.69 Å². The summed E-state index contributed by atoms with van der Waals surface area (Å²) < 4.78 is 6.03. The second kappa shape index (κ2) is 10.2. The molecule has 2 rings (SSSR count). The number of nitrogens with one attached hydrogen (secondary N) is 1. The highest BCUT2D eigenvalue weighted by Crippen LogP contribution is 2.32. The van der Waals surface area contributed by atoms with Crippen LogP contribution in [0.3, 0.4) is 0 Å². The second-order valence-corrected chi connectivity index (χ2v) is 8.67. The van der Waals surface area contributed by atoms with E-state index in [1.807, 2.05) is 25.1 Å². The predicted molar refractivity (Wildman–Crippen MR) is 123 cm³/mol. The Kier molecular flexibility index (Phi) is 7.88. The number of ether oxygens (including phenoxy) is 1. The molecule has 0 heterocycles. The quantitative estimate of drug-likeness (QED) is 0.597. The minimum absolute atomic E-state index is 0.0655. The van der Waals surface area contributed by atoms with Crippen LogP contribution in [0.15, 0.2) is 42.5 Å². The van der Waals surface area contributed by atoms with Crippen LogP contribution in [0.25, 0.3) is 0 Å². The molecule has 1 amide bonds. The molecule has 0 bridgehead atoms. The Hall–Kier alpha value is -3.26. The lowest BCUT2D eigenvalue weighted by Crippen LogP contribution is -2.31. The molecule has 0 radical (unpaired) electrons. The van der Waals surface area contributed by atoms with Gasteiger partial charge in [-0.25, -0.2) is 0 Å². The summed E-state index contributed by atoms with van der Waals surface area (Å²) in [5.74, 6) is 4.86. The van der Waals surface area contributed by atoms with E-state index in [0.717, 1.165) is 16.7 Å². The molecular weight excluding hydrogens is 390 g/mol. The minimum atomic E-state index is -0.901. The maximum Gasteiger partial charge on any atom is 0.304 e. The first-order chi connectivity index (χ1) is 14.5. The number of carboxylic acid groups (broad SMARTS) is 1. The van der Waals surface area contributed by atoms with Gasteiger partial charge in [-0.3, -0.25) is 9.59 Å². The number of rotatable bonds is 7. The largest absolute Gasteiger partial charge is 0.481 e. The third-order valence-electron chi connectivity index (χ3n) is 4.90. The van der Waals surface area contributed by atoms with Crippen LogP contribution in [-0.2, 0) is 15.0 Å². The first-order valence-corrected chi connectivity index (χ1v) is 10.3. The number of aliphatic carboxylic acids is 1. The molecule has 0 aliphatic rings. The van der Waals surface area contributed by atoms with E-state index in [4.69, 9.17) is 9.84 Å². The van der Waals surface area contributed by atoms with Crippen LogP contribution in [0.2, 0.25) is 0 Å². The molecule has 164 valence electrons. The van der Waals surface area contributed by atoms with Crippen molar-refractivity contribution in [3.8, 4) is 17.6 Å². The van der Waals surface area contributed by atoms with Gasteiger partial charge < -0.3 is 15.2 Å². The number of anilines is 1. The molecule has 0 aliphatic heterocycles. The molecule has 2 aromatic rings. The van der Waals surface area contributed by atoms with E-state index in [0.29, 0.717) is 11.4 Å². The lowest BCUT2D eigenvalue weighted by atomic mass is 9.86. The van der Waals surface area contributed by atoms with E-state index in [1.54, 1.807) is 38.1 Å². The van der Waals surface area contributed by atoms with Crippen LogP contribution in [0, 0.1) is 18.8 Å². The standard InChI is InChI=1S/C26H31NO4/c1-7-8-20(16-24(28)29)19-10-12-21(13-11-19)27-25(30)18(3)31-23-15-17(2)9-14-22(23)26(4,5)6/h9-15,18,20H,16H2,1-6H3,(H,27,30)(H,28,29). The van der Waals surface area contributed by atoms with Crippen LogP contribution >= 0.6 is 0 Å². The number of amides is 1. The van der Waals surface area contributed by atoms with Gasteiger partial charge in [-0.1, -0.05) is 51.0 Å². The molecule has 0 saturated heterocycles. The number of carboxylic acids is 1. The maximum absolute atomic E-state index is 12.7. The van der Waals surface area contributed by atoms with Crippen molar-refractivity contribution in [1.82, 2.24) is 0 Å². The lowest BCUT2D eigenvalue weighted by molar-refractivity contribution is -0.137. The summed E-state index contributed by atoms with van der Waals surface area (Å²) in [6.45, 7) is 11.7. The summed E-state index contributed by atoms with van der Waals surface area (Å²) in [5, 5.41) is 11.9. The summed E-state index contributed by atoms with van der Waals surface area (Å²) in [7, 11) is 0. The Balaban J connectivity index is 2.11. The van der Waals surface area contributed by atoms with Gasteiger partial charge in [0.15, 0.2) is 6.10 Å². The van der Waals surface area contributed by atoms with E-state index in [1.165, 1.54) is 0 Å². The van der Waals surface area contributed by atoms with Crippen LogP contribution in [0.1, 0.15) is 63.6 Å². The summed E-state index contributed by atoms with van der Waals surface area (Å²) >= 11 is 0. The van der Waals surface area contributed by atoms with Gasteiger partial charge in [0.25, 0.3) is 5.91 Å². The third-order valence-corrected chi connectivity index (χ3v) is 4.90. The molecule has 2 atom stereocenters. The van der Waals surface area contributed by atoms with Crippen molar-refractivity contribution in [2.75, 3.05) is 5.32 Å². The summed E-state index contributed by atoms with van der Waals surface area (Å²) in [6.07, 6.45) is -0.752. The Labute approximate surface area is 184 Å². The number of carbonyl (C=O) groups excluding carboxylic acids is 1. The Bertz CT molecular complexity index is 991. The smallest absolute Gasteiger partial charge is 0.304 e. The monoisotopic (exact) mass is 421 g/mol. The number of hydrogen-bond donors (Lipinski definition) is 2. The van der Waals surface area contributed by atoms with Gasteiger partial charge in [0.05, 0.1) is 12.3 Å². The van der Waals surface area contributed by atoms with Crippen molar-refractivity contribution >= 4 is 17.6 Å². The van der Waals surface area contributed by atoms with Crippen LogP contribution in [0.5, 0.6) is 5.75 Å². The molecule has 2 unspecified atom stereocenters. The van der Waals surface area contributed by atoms with Crippen molar-refractivity contribution < 1.29 is 19.4 Å². The van der Waals surface area contributed by atoms with Gasteiger partial charge in [0.2, 0.25) is 0 Å². The molecule has 5 heteroatoms. The van der Waals surface area contributed by atoms with Crippen molar-refractivity contribution in [2.24, 2.45) is 0 Å². The zero-order valence-corrected chi connectivity index (χ0v) is 19.1. The number of carbonyl (C=O) groups is 2. The normalized spacial score (nSPS) is 12.8. The Morgan fingerprint density at radius 1 is 1.13 bits per heavy atom. The zero-order valence-electron chi connectivity index (χ0n) is 19.1. The van der Waals surface area contributed by atoms with Gasteiger partial charge in [-0.05, 0) is 61.1 Å². The van der Waals surface area contributed by atoms with E-state index in [9.17, 15) is 9.59 Å². The van der Waals surface area contributed by atoms with Crippen molar-refractivity contribution in [2.45, 2.75) is 65.4 Å². The first kappa shape index (κ1) is 24.0. The van der Waals surface area contributed by atoms with Gasteiger partial charge >= 0.3 is 5.97 Å².